The maximum atomic E-state index is 14.1. The number of ether oxygens (including phenoxy) is 1. The molecule has 0 radical (unpaired) electrons. The highest BCUT2D eigenvalue weighted by atomic mass is 79.9. The van der Waals surface area contributed by atoms with Gasteiger partial charge in [0.05, 0.1) is 23.2 Å². The Morgan fingerprint density at radius 1 is 1.30 bits per heavy atom. The molecule has 1 aromatic carbocycles. The highest BCUT2D eigenvalue weighted by Crippen LogP contribution is 2.36. The van der Waals surface area contributed by atoms with Crippen molar-refractivity contribution in [1.82, 2.24) is 4.90 Å². The Balaban J connectivity index is 2.34. The molecular formula is C14H18BrF2NO2. The van der Waals surface area contributed by atoms with E-state index in [1.54, 1.807) is 13.8 Å². The van der Waals surface area contributed by atoms with Crippen molar-refractivity contribution in [1.29, 1.82) is 0 Å². The molecule has 0 bridgehead atoms. The average molecular weight is 350 g/mol. The van der Waals surface area contributed by atoms with Gasteiger partial charge >= 0.3 is 0 Å². The van der Waals surface area contributed by atoms with Gasteiger partial charge in [-0.1, -0.05) is 0 Å². The van der Waals surface area contributed by atoms with Gasteiger partial charge < -0.3 is 9.84 Å². The zero-order valence-corrected chi connectivity index (χ0v) is 13.1. The second kappa shape index (κ2) is 6.05. The van der Waals surface area contributed by atoms with Crippen LogP contribution in [0.1, 0.15) is 25.5 Å². The van der Waals surface area contributed by atoms with Gasteiger partial charge in [-0.15, -0.1) is 0 Å². The quantitative estimate of drug-likeness (QED) is 0.851. The first-order valence-electron chi connectivity index (χ1n) is 6.50. The van der Waals surface area contributed by atoms with Crippen LogP contribution in [0.15, 0.2) is 16.6 Å². The summed E-state index contributed by atoms with van der Waals surface area (Å²) in [6, 6.07) is 2.45. The van der Waals surface area contributed by atoms with E-state index >= 15 is 0 Å². The predicted molar refractivity (Wildman–Crippen MR) is 75.5 cm³/mol. The molecule has 3 nitrogen and oxygen atoms in total. The molecule has 1 aliphatic heterocycles. The number of hydrogen-bond acceptors (Lipinski definition) is 3. The third-order valence-corrected chi connectivity index (χ3v) is 4.46. The highest BCUT2D eigenvalue weighted by Gasteiger charge is 2.39. The SMILES string of the molecule is CC(C)(C(O)c1c(F)ccc(Br)c1F)N1CCOCC1. The minimum absolute atomic E-state index is 0.144. The van der Waals surface area contributed by atoms with Crippen LogP contribution >= 0.6 is 15.9 Å². The van der Waals surface area contributed by atoms with Gasteiger partial charge in [-0.2, -0.15) is 0 Å². The number of nitrogens with zero attached hydrogens (tertiary/aromatic N) is 1. The first-order valence-corrected chi connectivity index (χ1v) is 7.29. The van der Waals surface area contributed by atoms with Crippen LogP contribution in [0.5, 0.6) is 0 Å². The summed E-state index contributed by atoms with van der Waals surface area (Å²) in [5, 5.41) is 10.5. The normalized spacial score (nSPS) is 19.1. The first-order chi connectivity index (χ1) is 9.35. The minimum Gasteiger partial charge on any atom is -0.386 e. The van der Waals surface area contributed by atoms with E-state index in [2.05, 4.69) is 15.9 Å². The van der Waals surface area contributed by atoms with Crippen molar-refractivity contribution >= 4 is 15.9 Å². The predicted octanol–water partition coefficient (Wildman–Crippen LogP) is 2.87. The van der Waals surface area contributed by atoms with Crippen molar-refractivity contribution in [3.63, 3.8) is 0 Å². The minimum atomic E-state index is -1.27. The van der Waals surface area contributed by atoms with Crippen molar-refractivity contribution in [2.45, 2.75) is 25.5 Å². The fourth-order valence-corrected chi connectivity index (χ4v) is 2.80. The van der Waals surface area contributed by atoms with Gasteiger partial charge in [-0.3, -0.25) is 4.90 Å². The van der Waals surface area contributed by atoms with E-state index in [1.807, 2.05) is 4.90 Å². The topological polar surface area (TPSA) is 32.7 Å². The van der Waals surface area contributed by atoms with Crippen LogP contribution in [0.25, 0.3) is 0 Å². The van der Waals surface area contributed by atoms with E-state index in [0.717, 1.165) is 6.07 Å². The lowest BCUT2D eigenvalue weighted by atomic mass is 9.88. The van der Waals surface area contributed by atoms with Crippen LogP contribution in [-0.2, 0) is 4.74 Å². The molecule has 1 saturated heterocycles. The lowest BCUT2D eigenvalue weighted by Gasteiger charge is -2.43. The van der Waals surface area contributed by atoms with Gasteiger partial charge in [0, 0.05) is 18.6 Å². The van der Waals surface area contributed by atoms with E-state index in [9.17, 15) is 13.9 Å². The van der Waals surface area contributed by atoms with Gasteiger partial charge in [-0.05, 0) is 41.9 Å². The fourth-order valence-electron chi connectivity index (χ4n) is 2.46. The average Bonchev–Trinajstić information content (AvgIpc) is 2.44. The molecule has 0 aliphatic carbocycles. The van der Waals surface area contributed by atoms with Crippen LogP contribution in [0.4, 0.5) is 8.78 Å². The third-order valence-electron chi connectivity index (χ3n) is 3.85. The number of morpholine rings is 1. The summed E-state index contributed by atoms with van der Waals surface area (Å²) in [6.07, 6.45) is -1.27. The Morgan fingerprint density at radius 2 is 1.90 bits per heavy atom. The molecule has 20 heavy (non-hydrogen) atoms. The number of halogens is 3. The maximum Gasteiger partial charge on any atom is 0.146 e. The summed E-state index contributed by atoms with van der Waals surface area (Å²) in [5.74, 6) is -1.49. The summed E-state index contributed by atoms with van der Waals surface area (Å²) in [4.78, 5) is 1.99. The summed E-state index contributed by atoms with van der Waals surface area (Å²) in [6.45, 7) is 5.92. The molecule has 1 unspecified atom stereocenters. The zero-order chi connectivity index (χ0) is 14.9. The smallest absolute Gasteiger partial charge is 0.146 e. The molecule has 0 aromatic heterocycles. The second-order valence-corrected chi connectivity index (χ2v) is 6.27. The highest BCUT2D eigenvalue weighted by molar-refractivity contribution is 9.10. The number of aliphatic hydroxyl groups is 1. The molecule has 1 aliphatic rings. The van der Waals surface area contributed by atoms with Gasteiger partial charge in [0.25, 0.3) is 0 Å². The molecule has 1 aromatic rings. The molecule has 2 rings (SSSR count). The number of aliphatic hydroxyl groups excluding tert-OH is 1. The summed E-state index contributed by atoms with van der Waals surface area (Å²) < 4.78 is 33.4. The molecule has 1 N–H and O–H groups in total. The Hall–Kier alpha value is -0.560. The molecule has 1 fully saturated rings. The van der Waals surface area contributed by atoms with E-state index in [-0.39, 0.29) is 10.0 Å². The zero-order valence-electron chi connectivity index (χ0n) is 11.5. The lowest BCUT2D eigenvalue weighted by molar-refractivity contribution is -0.0649. The van der Waals surface area contributed by atoms with E-state index in [4.69, 9.17) is 4.74 Å². The molecule has 0 amide bonds. The van der Waals surface area contributed by atoms with Crippen molar-refractivity contribution in [2.24, 2.45) is 0 Å². The maximum absolute atomic E-state index is 14.1. The third kappa shape index (κ3) is 2.88. The monoisotopic (exact) mass is 349 g/mol. The lowest BCUT2D eigenvalue weighted by Crippen LogP contribution is -2.53. The fraction of sp³-hybridized carbons (Fsp3) is 0.571. The number of hydrogen-bond donors (Lipinski definition) is 1. The van der Waals surface area contributed by atoms with Gasteiger partial charge in [-0.25, -0.2) is 8.78 Å². The Morgan fingerprint density at radius 3 is 2.50 bits per heavy atom. The van der Waals surface area contributed by atoms with Crippen molar-refractivity contribution in [3.05, 3.63) is 33.8 Å². The summed E-state index contributed by atoms with van der Waals surface area (Å²) in [5.41, 5.74) is -1.08. The summed E-state index contributed by atoms with van der Waals surface area (Å²) in [7, 11) is 0. The molecule has 0 saturated carbocycles. The molecule has 1 heterocycles. The van der Waals surface area contributed by atoms with E-state index in [1.165, 1.54) is 6.07 Å². The molecule has 6 heteroatoms. The Labute approximate surface area is 125 Å². The second-order valence-electron chi connectivity index (χ2n) is 5.41. The molecule has 0 spiro atoms. The largest absolute Gasteiger partial charge is 0.386 e. The Kier molecular flexibility index (Phi) is 4.79. The van der Waals surface area contributed by atoms with Crippen molar-refractivity contribution in [3.8, 4) is 0 Å². The van der Waals surface area contributed by atoms with Gasteiger partial charge in [0.1, 0.15) is 17.7 Å². The van der Waals surface area contributed by atoms with Crippen LogP contribution in [0.3, 0.4) is 0 Å². The van der Waals surface area contributed by atoms with Crippen LogP contribution in [-0.4, -0.2) is 41.8 Å². The number of rotatable bonds is 3. The standard InChI is InChI=1S/C14H18BrF2NO2/c1-14(2,18-5-7-20-8-6-18)13(19)11-10(16)4-3-9(15)12(11)17/h3-4,13,19H,5-8H2,1-2H3. The van der Waals surface area contributed by atoms with Crippen molar-refractivity contribution in [2.75, 3.05) is 26.3 Å². The van der Waals surface area contributed by atoms with Crippen molar-refractivity contribution < 1.29 is 18.6 Å². The molecule has 1 atom stereocenters. The van der Waals surface area contributed by atoms with Crippen LogP contribution in [0.2, 0.25) is 0 Å². The van der Waals surface area contributed by atoms with Crippen LogP contribution in [0, 0.1) is 11.6 Å². The van der Waals surface area contributed by atoms with Gasteiger partial charge in [0.15, 0.2) is 0 Å². The van der Waals surface area contributed by atoms with E-state index in [0.29, 0.717) is 26.3 Å². The van der Waals surface area contributed by atoms with E-state index < -0.39 is 23.3 Å². The summed E-state index contributed by atoms with van der Waals surface area (Å²) >= 11 is 3.02. The van der Waals surface area contributed by atoms with Crippen LogP contribution < -0.4 is 0 Å². The molecular weight excluding hydrogens is 332 g/mol. The number of benzene rings is 1. The van der Waals surface area contributed by atoms with Gasteiger partial charge in [0.2, 0.25) is 0 Å². The first kappa shape index (κ1) is 15.8. The molecule has 112 valence electrons. The Bertz CT molecular complexity index is 490.